The highest BCUT2D eigenvalue weighted by atomic mass is 32.3. The monoisotopic (exact) mass is 620 g/mol. The molecule has 0 radical (unpaired) electrons. The number of aliphatic hydroxyl groups excluding tert-OH is 1. The van der Waals surface area contributed by atoms with Crippen LogP contribution in [0.3, 0.4) is 0 Å². The SMILES string of the molecule is CC(C)CCCC(C)(C)NCC(O)C(Cc1ccccc1)NC(=O)c1cc(NC(C)C)cc(N2CCCCS2(O)O)c1F. The molecule has 10 heteroatoms. The molecule has 6 N–H and O–H groups in total. The van der Waals surface area contributed by atoms with Crippen LogP contribution in [0.1, 0.15) is 89.6 Å². The van der Waals surface area contributed by atoms with E-state index in [1.54, 1.807) is 0 Å². The summed E-state index contributed by atoms with van der Waals surface area (Å²) in [5.74, 6) is -0.700. The van der Waals surface area contributed by atoms with Crippen molar-refractivity contribution in [3.63, 3.8) is 0 Å². The van der Waals surface area contributed by atoms with Gasteiger partial charge in [0.15, 0.2) is 5.82 Å². The molecule has 1 heterocycles. The Morgan fingerprint density at radius 2 is 1.79 bits per heavy atom. The largest absolute Gasteiger partial charge is 0.390 e. The van der Waals surface area contributed by atoms with Gasteiger partial charge in [0.05, 0.1) is 29.1 Å². The molecule has 3 rings (SSSR count). The molecule has 2 unspecified atom stereocenters. The van der Waals surface area contributed by atoms with E-state index < -0.39 is 34.6 Å². The normalized spacial score (nSPS) is 17.5. The minimum atomic E-state index is -3.21. The zero-order valence-corrected chi connectivity index (χ0v) is 27.5. The number of rotatable bonds is 15. The number of nitrogens with zero attached hydrogens (tertiary/aromatic N) is 1. The fourth-order valence-corrected chi connectivity index (χ4v) is 7.10. The van der Waals surface area contributed by atoms with E-state index in [1.165, 1.54) is 16.4 Å². The molecule has 0 bridgehead atoms. The third-order valence-corrected chi connectivity index (χ3v) is 9.78. The molecule has 242 valence electrons. The lowest BCUT2D eigenvalue weighted by Crippen LogP contribution is -2.52. The smallest absolute Gasteiger partial charge is 0.254 e. The van der Waals surface area contributed by atoms with E-state index in [-0.39, 0.29) is 41.7 Å². The molecular weight excluding hydrogens is 567 g/mol. The van der Waals surface area contributed by atoms with Crippen LogP contribution in [0.15, 0.2) is 42.5 Å². The van der Waals surface area contributed by atoms with Crippen molar-refractivity contribution >= 4 is 28.1 Å². The number of β-amino-alcohol motifs (C(OH)–C–C–N with tert-alkyl or cyclic N) is 1. The van der Waals surface area contributed by atoms with E-state index in [1.807, 2.05) is 44.2 Å². The lowest BCUT2D eigenvalue weighted by atomic mass is 9.93. The zero-order valence-electron chi connectivity index (χ0n) is 26.7. The van der Waals surface area contributed by atoms with Crippen molar-refractivity contribution in [3.8, 4) is 0 Å². The summed E-state index contributed by atoms with van der Waals surface area (Å²) in [6.07, 6.45) is 3.89. The first-order valence-electron chi connectivity index (χ1n) is 15.6. The molecule has 2 atom stereocenters. The molecular formula is C33H53FN4O4S. The van der Waals surface area contributed by atoms with Crippen LogP contribution < -0.4 is 20.3 Å². The number of carbonyl (C=O) groups excluding carboxylic acids is 1. The molecule has 1 fully saturated rings. The van der Waals surface area contributed by atoms with Gasteiger partial charge in [0.25, 0.3) is 5.91 Å². The van der Waals surface area contributed by atoms with Gasteiger partial charge in [-0.05, 0) is 77.0 Å². The standard InChI is InChI=1S/C33H53FN4O4S/c1-23(2)13-12-16-33(5,6)35-22-30(39)28(19-25-14-8-7-9-15-25)37-32(40)27-20-26(36-24(3)4)21-29(31(27)34)38-17-10-11-18-43(38,41)42/h7-9,14-15,20-21,23-24,28,30,35-36,39,41-42H,10-13,16-19,22H2,1-6H3,(H,37,40). The van der Waals surface area contributed by atoms with Crippen molar-refractivity contribution in [2.75, 3.05) is 28.5 Å². The van der Waals surface area contributed by atoms with Gasteiger partial charge in [-0.1, -0.05) is 57.0 Å². The lowest BCUT2D eigenvalue weighted by molar-refractivity contribution is 0.0808. The van der Waals surface area contributed by atoms with Crippen LogP contribution in [0.25, 0.3) is 0 Å². The molecule has 1 saturated heterocycles. The van der Waals surface area contributed by atoms with Crippen molar-refractivity contribution in [2.45, 2.75) is 104 Å². The van der Waals surface area contributed by atoms with Gasteiger partial charge < -0.3 is 21.1 Å². The Kier molecular flexibility index (Phi) is 12.7. The van der Waals surface area contributed by atoms with Crippen LogP contribution in [-0.4, -0.2) is 62.7 Å². The maximum atomic E-state index is 16.1. The summed E-state index contributed by atoms with van der Waals surface area (Å²) in [4.78, 5) is 13.8. The number of benzene rings is 2. The fourth-order valence-electron chi connectivity index (χ4n) is 5.42. The maximum absolute atomic E-state index is 16.1. The van der Waals surface area contributed by atoms with Crippen molar-refractivity contribution in [2.24, 2.45) is 5.92 Å². The first-order valence-corrected chi connectivity index (χ1v) is 17.3. The molecule has 1 amide bonds. The number of hydrogen-bond donors (Lipinski definition) is 6. The summed E-state index contributed by atoms with van der Waals surface area (Å²) in [6, 6.07) is 11.9. The minimum Gasteiger partial charge on any atom is -0.390 e. The van der Waals surface area contributed by atoms with Gasteiger partial charge >= 0.3 is 0 Å². The summed E-state index contributed by atoms with van der Waals surface area (Å²) in [6.45, 7) is 13.0. The van der Waals surface area contributed by atoms with Gasteiger partial charge in [0, 0.05) is 30.4 Å². The molecule has 0 aliphatic carbocycles. The maximum Gasteiger partial charge on any atom is 0.254 e. The van der Waals surface area contributed by atoms with Crippen LogP contribution >= 0.6 is 10.8 Å². The van der Waals surface area contributed by atoms with Crippen LogP contribution in [0.2, 0.25) is 0 Å². The molecule has 0 saturated carbocycles. The summed E-state index contributed by atoms with van der Waals surface area (Å²) >= 11 is 0. The van der Waals surface area contributed by atoms with E-state index in [4.69, 9.17) is 0 Å². The molecule has 8 nitrogen and oxygen atoms in total. The molecule has 1 aliphatic heterocycles. The number of carbonyl (C=O) groups is 1. The van der Waals surface area contributed by atoms with Crippen molar-refractivity contribution in [1.82, 2.24) is 10.6 Å². The first-order chi connectivity index (χ1) is 20.2. The average molecular weight is 621 g/mol. The number of amides is 1. The van der Waals surface area contributed by atoms with Gasteiger partial charge in [0.2, 0.25) is 0 Å². The van der Waals surface area contributed by atoms with Crippen LogP contribution in [-0.2, 0) is 6.42 Å². The van der Waals surface area contributed by atoms with E-state index in [0.29, 0.717) is 30.9 Å². The Morgan fingerprint density at radius 1 is 1.09 bits per heavy atom. The molecule has 2 aromatic carbocycles. The van der Waals surface area contributed by atoms with Crippen molar-refractivity contribution < 1.29 is 23.4 Å². The lowest BCUT2D eigenvalue weighted by Gasteiger charge is -2.47. The quantitative estimate of drug-likeness (QED) is 0.130. The highest BCUT2D eigenvalue weighted by molar-refractivity contribution is 8.25. The molecule has 1 aliphatic rings. The summed E-state index contributed by atoms with van der Waals surface area (Å²) in [5, 5.41) is 21.0. The van der Waals surface area contributed by atoms with Crippen LogP contribution in [0.4, 0.5) is 15.8 Å². The number of nitrogens with one attached hydrogen (secondary N) is 3. The second kappa shape index (κ2) is 15.6. The van der Waals surface area contributed by atoms with E-state index in [2.05, 4.69) is 43.6 Å². The van der Waals surface area contributed by atoms with Gasteiger partial charge in [-0.3, -0.25) is 18.2 Å². The zero-order chi connectivity index (χ0) is 31.8. The second-order valence-electron chi connectivity index (χ2n) is 13.2. The molecule has 43 heavy (non-hydrogen) atoms. The summed E-state index contributed by atoms with van der Waals surface area (Å²) in [7, 11) is -3.21. The summed E-state index contributed by atoms with van der Waals surface area (Å²) < 4.78 is 38.9. The van der Waals surface area contributed by atoms with Crippen LogP contribution in [0, 0.1) is 11.7 Å². The molecule has 0 aromatic heterocycles. The average Bonchev–Trinajstić information content (AvgIpc) is 2.92. The minimum absolute atomic E-state index is 0.00134. The Balaban J connectivity index is 1.88. The third kappa shape index (κ3) is 10.6. The van der Waals surface area contributed by atoms with Gasteiger partial charge in [0.1, 0.15) is 0 Å². The number of hydrogen-bond acceptors (Lipinski definition) is 7. The number of anilines is 2. The fraction of sp³-hybridized carbons (Fsp3) is 0.606. The highest BCUT2D eigenvalue weighted by Gasteiger charge is 2.32. The molecule has 2 aromatic rings. The predicted molar refractivity (Wildman–Crippen MR) is 178 cm³/mol. The molecule has 0 spiro atoms. The number of aliphatic hydroxyl groups is 1. The Morgan fingerprint density at radius 3 is 2.42 bits per heavy atom. The van der Waals surface area contributed by atoms with Crippen molar-refractivity contribution in [3.05, 3.63) is 59.4 Å². The third-order valence-electron chi connectivity index (χ3n) is 7.86. The summed E-state index contributed by atoms with van der Waals surface area (Å²) in [5.41, 5.74) is 1.01. The van der Waals surface area contributed by atoms with Gasteiger partial charge in [-0.15, -0.1) is 10.8 Å². The van der Waals surface area contributed by atoms with E-state index in [0.717, 1.165) is 24.8 Å². The second-order valence-corrected chi connectivity index (χ2v) is 15.3. The topological polar surface area (TPSA) is 117 Å². The highest BCUT2D eigenvalue weighted by Crippen LogP contribution is 2.51. The Labute approximate surface area is 259 Å². The van der Waals surface area contributed by atoms with Crippen LogP contribution in [0.5, 0.6) is 0 Å². The Bertz CT molecular complexity index is 1180. The van der Waals surface area contributed by atoms with Gasteiger partial charge in [-0.2, -0.15) is 0 Å². The first kappa shape index (κ1) is 35.1. The Hall–Kier alpha value is -2.37. The van der Waals surface area contributed by atoms with Crippen molar-refractivity contribution in [1.29, 1.82) is 0 Å². The van der Waals surface area contributed by atoms with Gasteiger partial charge in [-0.25, -0.2) is 4.39 Å². The van der Waals surface area contributed by atoms with E-state index in [9.17, 15) is 19.0 Å². The van der Waals surface area contributed by atoms with E-state index >= 15 is 4.39 Å². The predicted octanol–water partition coefficient (Wildman–Crippen LogP) is 6.81. The number of halogens is 1.